The lowest BCUT2D eigenvalue weighted by atomic mass is 10.0. The molecule has 0 spiro atoms. The van der Waals surface area contributed by atoms with Crippen LogP contribution in [0, 0.1) is 5.92 Å². The Hall–Kier alpha value is -0.950. The van der Waals surface area contributed by atoms with Crippen LogP contribution < -0.4 is 10.5 Å². The first-order valence-corrected chi connectivity index (χ1v) is 8.47. The Morgan fingerprint density at radius 2 is 2.20 bits per heavy atom. The second-order valence-corrected chi connectivity index (χ2v) is 7.07. The van der Waals surface area contributed by atoms with E-state index in [1.165, 1.54) is 6.07 Å². The number of aliphatic hydroxyl groups is 1. The van der Waals surface area contributed by atoms with E-state index in [4.69, 9.17) is 5.14 Å². The van der Waals surface area contributed by atoms with E-state index in [2.05, 4.69) is 5.32 Å². The van der Waals surface area contributed by atoms with Gasteiger partial charge in [0.05, 0.1) is 11.0 Å². The summed E-state index contributed by atoms with van der Waals surface area (Å²) in [6.45, 7) is 2.71. The van der Waals surface area contributed by atoms with Crippen molar-refractivity contribution in [3.8, 4) is 0 Å². The van der Waals surface area contributed by atoms with Crippen molar-refractivity contribution in [3.05, 3.63) is 29.8 Å². The van der Waals surface area contributed by atoms with Crippen LogP contribution in [0.2, 0.25) is 0 Å². The zero-order valence-corrected chi connectivity index (χ0v) is 12.4. The average Bonchev–Trinajstić information content (AvgIpc) is 2.81. The van der Waals surface area contributed by atoms with Gasteiger partial charge in [-0.15, -0.1) is 0 Å². The molecule has 0 heterocycles. The first-order chi connectivity index (χ1) is 9.38. The van der Waals surface area contributed by atoms with Crippen molar-refractivity contribution in [1.82, 2.24) is 5.32 Å². The quantitative estimate of drug-likeness (QED) is 0.760. The number of aliphatic hydroxyl groups excluding tert-OH is 1. The summed E-state index contributed by atoms with van der Waals surface area (Å²) < 4.78 is 22.7. The molecule has 1 saturated carbocycles. The minimum Gasteiger partial charge on any atom is -0.393 e. The highest BCUT2D eigenvalue weighted by Gasteiger charge is 2.25. The average molecular weight is 298 g/mol. The standard InChI is InChI=1S/C14H22N2O3S/c1-10(16-9-12-5-3-7-14(12)17)11-4-2-6-13(8-11)20(15,18)19/h2,4,6,8,10,12,14,16-17H,3,5,7,9H2,1H3,(H2,15,18,19). The molecule has 0 saturated heterocycles. The highest BCUT2D eigenvalue weighted by atomic mass is 32.2. The van der Waals surface area contributed by atoms with Gasteiger partial charge < -0.3 is 10.4 Å². The van der Waals surface area contributed by atoms with E-state index >= 15 is 0 Å². The molecule has 3 atom stereocenters. The molecule has 0 aromatic heterocycles. The Morgan fingerprint density at radius 3 is 2.80 bits per heavy atom. The molecule has 2 rings (SSSR count). The summed E-state index contributed by atoms with van der Waals surface area (Å²) in [6, 6.07) is 6.67. The molecule has 1 aromatic rings. The van der Waals surface area contributed by atoms with Gasteiger partial charge in [0.25, 0.3) is 0 Å². The molecule has 0 bridgehead atoms. The van der Waals surface area contributed by atoms with Gasteiger partial charge in [0.15, 0.2) is 0 Å². The molecule has 5 nitrogen and oxygen atoms in total. The first-order valence-electron chi connectivity index (χ1n) is 6.92. The zero-order valence-electron chi connectivity index (χ0n) is 11.6. The third kappa shape index (κ3) is 3.79. The van der Waals surface area contributed by atoms with E-state index in [1.807, 2.05) is 13.0 Å². The van der Waals surface area contributed by atoms with Crippen LogP contribution in [-0.4, -0.2) is 26.2 Å². The summed E-state index contributed by atoms with van der Waals surface area (Å²) in [5.41, 5.74) is 0.879. The fraction of sp³-hybridized carbons (Fsp3) is 0.571. The van der Waals surface area contributed by atoms with Crippen LogP contribution >= 0.6 is 0 Å². The van der Waals surface area contributed by atoms with Gasteiger partial charge in [0.1, 0.15) is 0 Å². The molecule has 0 radical (unpaired) electrons. The molecular weight excluding hydrogens is 276 g/mol. The first kappa shape index (κ1) is 15.4. The lowest BCUT2D eigenvalue weighted by Gasteiger charge is -2.20. The predicted molar refractivity (Wildman–Crippen MR) is 77.6 cm³/mol. The second-order valence-electron chi connectivity index (χ2n) is 5.51. The fourth-order valence-corrected chi connectivity index (χ4v) is 3.23. The van der Waals surface area contributed by atoms with Crippen molar-refractivity contribution >= 4 is 10.0 Å². The summed E-state index contributed by atoms with van der Waals surface area (Å²) in [7, 11) is -3.67. The Morgan fingerprint density at radius 1 is 1.45 bits per heavy atom. The van der Waals surface area contributed by atoms with Gasteiger partial charge >= 0.3 is 0 Å². The lowest BCUT2D eigenvalue weighted by Crippen LogP contribution is -2.29. The third-order valence-electron chi connectivity index (χ3n) is 3.99. The van der Waals surface area contributed by atoms with Crippen LogP contribution in [-0.2, 0) is 10.0 Å². The van der Waals surface area contributed by atoms with Crippen molar-refractivity contribution in [2.45, 2.75) is 43.2 Å². The number of primary sulfonamides is 1. The van der Waals surface area contributed by atoms with Crippen molar-refractivity contribution < 1.29 is 13.5 Å². The molecule has 0 amide bonds. The van der Waals surface area contributed by atoms with Crippen LogP contribution in [0.25, 0.3) is 0 Å². The van der Waals surface area contributed by atoms with Crippen molar-refractivity contribution in [2.75, 3.05) is 6.54 Å². The van der Waals surface area contributed by atoms with Gasteiger partial charge in [-0.2, -0.15) is 0 Å². The maximum Gasteiger partial charge on any atom is 0.238 e. The molecule has 1 aliphatic rings. The van der Waals surface area contributed by atoms with Crippen molar-refractivity contribution in [2.24, 2.45) is 11.1 Å². The molecule has 4 N–H and O–H groups in total. The van der Waals surface area contributed by atoms with Gasteiger partial charge in [0.2, 0.25) is 10.0 Å². The molecule has 1 fully saturated rings. The highest BCUT2D eigenvalue weighted by Crippen LogP contribution is 2.25. The van der Waals surface area contributed by atoms with Gasteiger partial charge in [-0.05, 0) is 43.4 Å². The SMILES string of the molecule is CC(NCC1CCCC1O)c1cccc(S(N)(=O)=O)c1. The van der Waals surface area contributed by atoms with Gasteiger partial charge in [-0.25, -0.2) is 13.6 Å². The van der Waals surface area contributed by atoms with Gasteiger partial charge in [0, 0.05) is 12.6 Å². The number of benzene rings is 1. The summed E-state index contributed by atoms with van der Waals surface area (Å²) in [6.07, 6.45) is 2.77. The number of hydrogen-bond donors (Lipinski definition) is 3. The van der Waals surface area contributed by atoms with Crippen LogP contribution in [0.4, 0.5) is 0 Å². The number of nitrogens with two attached hydrogens (primary N) is 1. The summed E-state index contributed by atoms with van der Waals surface area (Å²) >= 11 is 0. The fourth-order valence-electron chi connectivity index (χ4n) is 2.66. The Kier molecular flexibility index (Phi) is 4.80. The molecule has 6 heteroatoms. The number of rotatable bonds is 5. The Labute approximate surface area is 120 Å². The highest BCUT2D eigenvalue weighted by molar-refractivity contribution is 7.89. The summed E-state index contributed by atoms with van der Waals surface area (Å²) in [5, 5.41) is 18.3. The monoisotopic (exact) mass is 298 g/mol. The van der Waals surface area contributed by atoms with Crippen molar-refractivity contribution in [1.29, 1.82) is 0 Å². The molecule has 20 heavy (non-hydrogen) atoms. The van der Waals surface area contributed by atoms with E-state index < -0.39 is 10.0 Å². The maximum absolute atomic E-state index is 11.3. The minimum absolute atomic E-state index is 0.0181. The van der Waals surface area contributed by atoms with Crippen LogP contribution in [0.15, 0.2) is 29.2 Å². The topological polar surface area (TPSA) is 92.4 Å². The molecule has 1 aliphatic carbocycles. The van der Waals surface area contributed by atoms with Crippen LogP contribution in [0.3, 0.4) is 0 Å². The second kappa shape index (κ2) is 6.22. The third-order valence-corrected chi connectivity index (χ3v) is 4.90. The maximum atomic E-state index is 11.3. The number of nitrogens with one attached hydrogen (secondary N) is 1. The van der Waals surface area contributed by atoms with Crippen molar-refractivity contribution in [3.63, 3.8) is 0 Å². The predicted octanol–water partition coefficient (Wildman–Crippen LogP) is 1.15. The summed E-state index contributed by atoms with van der Waals surface area (Å²) in [5.74, 6) is 0.291. The number of sulfonamides is 1. The summed E-state index contributed by atoms with van der Waals surface area (Å²) in [4.78, 5) is 0.129. The number of hydrogen-bond acceptors (Lipinski definition) is 4. The minimum atomic E-state index is -3.67. The van der Waals surface area contributed by atoms with Gasteiger partial charge in [-0.1, -0.05) is 18.6 Å². The van der Waals surface area contributed by atoms with E-state index in [1.54, 1.807) is 12.1 Å². The van der Waals surface area contributed by atoms with E-state index in [-0.39, 0.29) is 17.0 Å². The van der Waals surface area contributed by atoms with Gasteiger partial charge in [-0.3, -0.25) is 0 Å². The molecule has 3 unspecified atom stereocenters. The molecule has 1 aromatic carbocycles. The lowest BCUT2D eigenvalue weighted by molar-refractivity contribution is 0.130. The van der Waals surface area contributed by atoms with E-state index in [9.17, 15) is 13.5 Å². The molecular formula is C14H22N2O3S. The van der Waals surface area contributed by atoms with E-state index in [0.29, 0.717) is 5.92 Å². The largest absolute Gasteiger partial charge is 0.393 e. The zero-order chi connectivity index (χ0) is 14.8. The van der Waals surface area contributed by atoms with Crippen LogP contribution in [0.1, 0.15) is 37.8 Å². The Balaban J connectivity index is 2.00. The smallest absolute Gasteiger partial charge is 0.238 e. The Bertz CT molecular complexity index is 559. The molecule has 112 valence electrons. The van der Waals surface area contributed by atoms with E-state index in [0.717, 1.165) is 31.4 Å². The van der Waals surface area contributed by atoms with Crippen LogP contribution in [0.5, 0.6) is 0 Å². The normalized spacial score (nSPS) is 24.8. The molecule has 0 aliphatic heterocycles.